The topological polar surface area (TPSA) is 27.3 Å². The van der Waals surface area contributed by atoms with Crippen molar-refractivity contribution in [3.8, 4) is 0 Å². The first-order chi connectivity index (χ1) is 8.57. The maximum Gasteiger partial charge on any atom is 0.0637 e. The van der Waals surface area contributed by atoms with Crippen molar-refractivity contribution in [2.45, 2.75) is 52.2 Å². The molecule has 2 rings (SSSR count). The average molecular weight is 251 g/mol. The highest BCUT2D eigenvalue weighted by molar-refractivity contribution is 5.22. The van der Waals surface area contributed by atoms with Crippen LogP contribution in [0.5, 0.6) is 0 Å². The molecule has 2 saturated heterocycles. The molecule has 0 spiro atoms. The summed E-state index contributed by atoms with van der Waals surface area (Å²) in [5.41, 5.74) is 1.76. The fourth-order valence-corrected chi connectivity index (χ4v) is 3.69. The molecule has 1 unspecified atom stereocenters. The van der Waals surface area contributed by atoms with Crippen molar-refractivity contribution in [2.24, 2.45) is 5.92 Å². The van der Waals surface area contributed by atoms with Gasteiger partial charge in [-0.1, -0.05) is 13.0 Å². The lowest BCUT2D eigenvalue weighted by molar-refractivity contribution is 0.172. The van der Waals surface area contributed by atoms with Gasteiger partial charge in [0, 0.05) is 24.5 Å². The Balaban J connectivity index is 2.11. The van der Waals surface area contributed by atoms with Gasteiger partial charge in [0.2, 0.25) is 0 Å². The number of allylic oxidation sites excluding steroid dienone is 1. The molecule has 104 valence electrons. The lowest BCUT2D eigenvalue weighted by Crippen LogP contribution is -2.49. The molecule has 0 amide bonds. The SMILES string of the molecule is CC=C(C(C)C1NCCN1)C(C)(C)N1CCCC1. The number of nitrogens with zero attached hydrogens (tertiary/aromatic N) is 1. The van der Waals surface area contributed by atoms with E-state index in [2.05, 4.69) is 49.3 Å². The van der Waals surface area contributed by atoms with E-state index in [0.717, 1.165) is 13.1 Å². The van der Waals surface area contributed by atoms with Crippen molar-refractivity contribution < 1.29 is 0 Å². The maximum atomic E-state index is 3.56. The van der Waals surface area contributed by atoms with E-state index in [1.54, 1.807) is 5.57 Å². The predicted octanol–water partition coefficient (Wildman–Crippen LogP) is 1.96. The van der Waals surface area contributed by atoms with Crippen molar-refractivity contribution in [3.63, 3.8) is 0 Å². The van der Waals surface area contributed by atoms with Crippen LogP contribution in [0, 0.1) is 5.92 Å². The minimum absolute atomic E-state index is 0.191. The molecule has 3 heteroatoms. The Morgan fingerprint density at radius 3 is 2.28 bits per heavy atom. The highest BCUT2D eigenvalue weighted by Crippen LogP contribution is 2.33. The Labute approximate surface area is 112 Å². The van der Waals surface area contributed by atoms with Gasteiger partial charge in [-0.3, -0.25) is 4.90 Å². The van der Waals surface area contributed by atoms with Crippen LogP contribution < -0.4 is 10.6 Å². The molecule has 2 N–H and O–H groups in total. The zero-order valence-corrected chi connectivity index (χ0v) is 12.4. The third kappa shape index (κ3) is 2.63. The number of rotatable bonds is 4. The summed E-state index contributed by atoms with van der Waals surface area (Å²) >= 11 is 0. The molecular weight excluding hydrogens is 222 g/mol. The zero-order chi connectivity index (χ0) is 13.2. The summed E-state index contributed by atoms with van der Waals surface area (Å²) in [5.74, 6) is 0.549. The first-order valence-corrected chi connectivity index (χ1v) is 7.46. The highest BCUT2D eigenvalue weighted by atomic mass is 15.2. The Morgan fingerprint density at radius 2 is 1.78 bits per heavy atom. The first-order valence-electron chi connectivity index (χ1n) is 7.46. The minimum atomic E-state index is 0.191. The fraction of sp³-hybridized carbons (Fsp3) is 0.867. The van der Waals surface area contributed by atoms with Gasteiger partial charge in [-0.2, -0.15) is 0 Å². The lowest BCUT2D eigenvalue weighted by atomic mass is 9.82. The molecular formula is C15H29N3. The Morgan fingerprint density at radius 1 is 1.22 bits per heavy atom. The normalized spacial score (nSPS) is 25.9. The van der Waals surface area contributed by atoms with Crippen molar-refractivity contribution in [2.75, 3.05) is 26.2 Å². The van der Waals surface area contributed by atoms with Crippen LogP contribution in [0.25, 0.3) is 0 Å². The van der Waals surface area contributed by atoms with Crippen LogP contribution >= 0.6 is 0 Å². The molecule has 2 heterocycles. The molecule has 0 bridgehead atoms. The fourth-order valence-electron chi connectivity index (χ4n) is 3.69. The number of hydrogen-bond donors (Lipinski definition) is 2. The highest BCUT2D eigenvalue weighted by Gasteiger charge is 2.37. The summed E-state index contributed by atoms with van der Waals surface area (Å²) in [4.78, 5) is 2.65. The number of likely N-dealkylation sites (tertiary alicyclic amines) is 1. The minimum Gasteiger partial charge on any atom is -0.300 e. The second-order valence-electron chi connectivity index (χ2n) is 6.17. The molecule has 0 aromatic heterocycles. The summed E-state index contributed by atoms with van der Waals surface area (Å²) < 4.78 is 0. The molecule has 1 atom stereocenters. The van der Waals surface area contributed by atoms with E-state index < -0.39 is 0 Å². The van der Waals surface area contributed by atoms with Gasteiger partial charge in [0.15, 0.2) is 0 Å². The van der Waals surface area contributed by atoms with Crippen LogP contribution in [0.2, 0.25) is 0 Å². The van der Waals surface area contributed by atoms with Crippen LogP contribution in [0.4, 0.5) is 0 Å². The van der Waals surface area contributed by atoms with E-state index in [1.165, 1.54) is 25.9 Å². The van der Waals surface area contributed by atoms with Gasteiger partial charge in [0.25, 0.3) is 0 Å². The van der Waals surface area contributed by atoms with Crippen LogP contribution in [0.1, 0.15) is 40.5 Å². The van der Waals surface area contributed by atoms with E-state index in [1.807, 2.05) is 0 Å². The molecule has 2 fully saturated rings. The Hall–Kier alpha value is -0.380. The van der Waals surface area contributed by atoms with Crippen molar-refractivity contribution in [1.29, 1.82) is 0 Å². The smallest absolute Gasteiger partial charge is 0.0637 e. The Bertz CT molecular complexity index is 297. The third-order valence-corrected chi connectivity index (χ3v) is 4.76. The second kappa shape index (κ2) is 5.72. The molecule has 0 saturated carbocycles. The summed E-state index contributed by atoms with van der Waals surface area (Å²) in [6.07, 6.45) is 5.49. The van der Waals surface area contributed by atoms with Gasteiger partial charge in [0.1, 0.15) is 0 Å². The van der Waals surface area contributed by atoms with E-state index in [9.17, 15) is 0 Å². The number of nitrogens with one attached hydrogen (secondary N) is 2. The molecule has 3 nitrogen and oxygen atoms in total. The van der Waals surface area contributed by atoms with Crippen molar-refractivity contribution >= 4 is 0 Å². The van der Waals surface area contributed by atoms with Crippen molar-refractivity contribution in [1.82, 2.24) is 15.5 Å². The molecule has 2 aliphatic rings. The predicted molar refractivity (Wildman–Crippen MR) is 77.6 cm³/mol. The summed E-state index contributed by atoms with van der Waals surface area (Å²) in [5, 5.41) is 7.13. The van der Waals surface area contributed by atoms with Crippen LogP contribution in [0.3, 0.4) is 0 Å². The summed E-state index contributed by atoms with van der Waals surface area (Å²) in [6, 6.07) is 0. The van der Waals surface area contributed by atoms with Gasteiger partial charge in [-0.05, 0) is 52.3 Å². The van der Waals surface area contributed by atoms with Crippen LogP contribution in [-0.4, -0.2) is 42.8 Å². The van der Waals surface area contributed by atoms with E-state index in [0.29, 0.717) is 12.1 Å². The van der Waals surface area contributed by atoms with Gasteiger partial charge in [-0.25, -0.2) is 0 Å². The molecule has 2 aliphatic heterocycles. The quantitative estimate of drug-likeness (QED) is 0.748. The lowest BCUT2D eigenvalue weighted by Gasteiger charge is -2.41. The largest absolute Gasteiger partial charge is 0.300 e. The monoisotopic (exact) mass is 251 g/mol. The van der Waals surface area contributed by atoms with E-state index in [-0.39, 0.29) is 5.54 Å². The van der Waals surface area contributed by atoms with Gasteiger partial charge < -0.3 is 10.6 Å². The summed E-state index contributed by atoms with van der Waals surface area (Å²) in [7, 11) is 0. The van der Waals surface area contributed by atoms with Gasteiger partial charge in [0.05, 0.1) is 6.17 Å². The van der Waals surface area contributed by atoms with Gasteiger partial charge in [-0.15, -0.1) is 0 Å². The second-order valence-corrected chi connectivity index (χ2v) is 6.17. The standard InChI is InChI=1S/C15H29N3/c1-5-13(12(2)14-16-8-9-17-14)15(3,4)18-10-6-7-11-18/h5,12,14,16-17H,6-11H2,1-4H3. The number of hydrogen-bond acceptors (Lipinski definition) is 3. The Kier molecular flexibility index (Phi) is 4.46. The summed E-state index contributed by atoms with van der Waals surface area (Å²) in [6.45, 7) is 14.0. The maximum absolute atomic E-state index is 3.56. The van der Waals surface area contributed by atoms with E-state index in [4.69, 9.17) is 0 Å². The zero-order valence-electron chi connectivity index (χ0n) is 12.4. The molecule has 0 radical (unpaired) electrons. The van der Waals surface area contributed by atoms with Gasteiger partial charge >= 0.3 is 0 Å². The molecule has 18 heavy (non-hydrogen) atoms. The van der Waals surface area contributed by atoms with E-state index >= 15 is 0 Å². The molecule has 0 aromatic carbocycles. The van der Waals surface area contributed by atoms with Crippen LogP contribution in [0.15, 0.2) is 11.6 Å². The average Bonchev–Trinajstić information content (AvgIpc) is 3.03. The molecule has 0 aromatic rings. The third-order valence-electron chi connectivity index (χ3n) is 4.76. The van der Waals surface area contributed by atoms with Crippen LogP contribution in [-0.2, 0) is 0 Å². The molecule has 0 aliphatic carbocycles. The first kappa shape index (κ1) is 14.0. The van der Waals surface area contributed by atoms with Crippen molar-refractivity contribution in [3.05, 3.63) is 11.6 Å².